The number of aromatic nitrogens is 2. The van der Waals surface area contributed by atoms with E-state index in [1.54, 1.807) is 0 Å². The third-order valence-electron chi connectivity index (χ3n) is 3.15. The fourth-order valence-corrected chi connectivity index (χ4v) is 1.73. The highest BCUT2D eigenvalue weighted by Crippen LogP contribution is 2.24. The van der Waals surface area contributed by atoms with Crippen molar-refractivity contribution >= 4 is 0 Å². The van der Waals surface area contributed by atoms with E-state index in [4.69, 9.17) is 0 Å². The van der Waals surface area contributed by atoms with Gasteiger partial charge in [-0.3, -0.25) is 4.68 Å². The molecule has 3 nitrogen and oxygen atoms in total. The van der Waals surface area contributed by atoms with Crippen molar-refractivity contribution in [2.45, 2.75) is 39.7 Å². The molecule has 1 aromatic rings. The van der Waals surface area contributed by atoms with Crippen molar-refractivity contribution in [1.82, 2.24) is 15.1 Å². The van der Waals surface area contributed by atoms with Gasteiger partial charge in [0.25, 0.3) is 0 Å². The van der Waals surface area contributed by atoms with Crippen molar-refractivity contribution in [2.24, 2.45) is 12.5 Å². The molecule has 17 heavy (non-hydrogen) atoms. The summed E-state index contributed by atoms with van der Waals surface area (Å²) in [5.41, 5.74) is 1.45. The summed E-state index contributed by atoms with van der Waals surface area (Å²) in [6.07, 6.45) is 8.25. The first kappa shape index (κ1) is 14.0. The predicted octanol–water partition coefficient (Wildman–Crippen LogP) is 2.54. The highest BCUT2D eigenvalue weighted by Gasteiger charge is 2.20. The van der Waals surface area contributed by atoms with Crippen LogP contribution in [0.3, 0.4) is 0 Å². The van der Waals surface area contributed by atoms with E-state index >= 15 is 0 Å². The Morgan fingerprint density at radius 3 is 2.76 bits per heavy atom. The first-order chi connectivity index (χ1) is 7.95. The maximum Gasteiger partial charge on any atom is 0.0521 e. The average molecular weight is 235 g/mol. The van der Waals surface area contributed by atoms with Crippen LogP contribution in [0.2, 0.25) is 0 Å². The normalized spacial score (nSPS) is 14.9. The summed E-state index contributed by atoms with van der Waals surface area (Å²) in [6, 6.07) is 0.521. The lowest BCUT2D eigenvalue weighted by atomic mass is 9.84. The monoisotopic (exact) mass is 235 g/mol. The summed E-state index contributed by atoms with van der Waals surface area (Å²) in [4.78, 5) is 0. The maximum atomic E-state index is 4.19. The van der Waals surface area contributed by atoms with Gasteiger partial charge in [-0.25, -0.2) is 0 Å². The summed E-state index contributed by atoms with van der Waals surface area (Å²) in [5, 5.41) is 7.68. The van der Waals surface area contributed by atoms with Crippen molar-refractivity contribution in [1.29, 1.82) is 0 Å². The fraction of sp³-hybridized carbons (Fsp3) is 0.643. The SMILES string of the molecule is C=CC(C)(CCc1cnn(C)c1)CNC(C)C. The van der Waals surface area contributed by atoms with Crippen molar-refractivity contribution in [2.75, 3.05) is 6.54 Å². The summed E-state index contributed by atoms with van der Waals surface area (Å²) in [6.45, 7) is 11.5. The van der Waals surface area contributed by atoms with Gasteiger partial charge < -0.3 is 5.32 Å². The average Bonchev–Trinajstić information content (AvgIpc) is 2.70. The van der Waals surface area contributed by atoms with Crippen LogP contribution >= 0.6 is 0 Å². The van der Waals surface area contributed by atoms with Crippen LogP contribution in [0.25, 0.3) is 0 Å². The molecule has 0 aliphatic rings. The molecule has 1 N–H and O–H groups in total. The van der Waals surface area contributed by atoms with Crippen LogP contribution in [0.1, 0.15) is 32.8 Å². The fourth-order valence-electron chi connectivity index (χ4n) is 1.73. The molecule has 0 saturated heterocycles. The van der Waals surface area contributed by atoms with Crippen molar-refractivity contribution < 1.29 is 0 Å². The van der Waals surface area contributed by atoms with Crippen LogP contribution in [0.15, 0.2) is 25.0 Å². The van der Waals surface area contributed by atoms with Gasteiger partial charge in [0.2, 0.25) is 0 Å². The molecule has 0 bridgehead atoms. The highest BCUT2D eigenvalue weighted by molar-refractivity contribution is 5.06. The molecule has 1 rings (SSSR count). The van der Waals surface area contributed by atoms with Crippen LogP contribution in [-0.4, -0.2) is 22.4 Å². The van der Waals surface area contributed by atoms with Gasteiger partial charge in [-0.05, 0) is 23.8 Å². The molecule has 0 saturated carbocycles. The Morgan fingerprint density at radius 1 is 1.59 bits per heavy atom. The van der Waals surface area contributed by atoms with Gasteiger partial charge in [0.15, 0.2) is 0 Å². The Kier molecular flexibility index (Phi) is 4.94. The molecule has 0 aliphatic carbocycles. The lowest BCUT2D eigenvalue weighted by Crippen LogP contribution is -2.34. The zero-order valence-corrected chi connectivity index (χ0v) is 11.5. The number of hydrogen-bond acceptors (Lipinski definition) is 2. The maximum absolute atomic E-state index is 4.19. The first-order valence-corrected chi connectivity index (χ1v) is 6.30. The molecule has 0 spiro atoms. The minimum Gasteiger partial charge on any atom is -0.314 e. The van der Waals surface area contributed by atoms with Gasteiger partial charge >= 0.3 is 0 Å². The molecule has 1 unspecified atom stereocenters. The zero-order valence-electron chi connectivity index (χ0n) is 11.5. The molecule has 0 fully saturated rings. The molecule has 0 aromatic carbocycles. The molecule has 1 aromatic heterocycles. The Hall–Kier alpha value is -1.09. The Labute approximate surface area is 105 Å². The van der Waals surface area contributed by atoms with Crippen LogP contribution in [0.4, 0.5) is 0 Å². The lowest BCUT2D eigenvalue weighted by molar-refractivity contribution is 0.350. The van der Waals surface area contributed by atoms with Gasteiger partial charge in [-0.15, -0.1) is 6.58 Å². The second-order valence-electron chi connectivity index (χ2n) is 5.42. The van der Waals surface area contributed by atoms with E-state index in [0.29, 0.717) is 6.04 Å². The van der Waals surface area contributed by atoms with Gasteiger partial charge in [0.05, 0.1) is 6.20 Å². The molecule has 1 heterocycles. The third-order valence-corrected chi connectivity index (χ3v) is 3.15. The molecular formula is C14H25N3. The van der Waals surface area contributed by atoms with Crippen LogP contribution < -0.4 is 5.32 Å². The van der Waals surface area contributed by atoms with Crippen molar-refractivity contribution in [3.05, 3.63) is 30.6 Å². The summed E-state index contributed by atoms with van der Waals surface area (Å²) >= 11 is 0. The van der Waals surface area contributed by atoms with Crippen molar-refractivity contribution in [3.63, 3.8) is 0 Å². The van der Waals surface area contributed by atoms with E-state index in [2.05, 4.69) is 50.0 Å². The summed E-state index contributed by atoms with van der Waals surface area (Å²) in [5.74, 6) is 0. The smallest absolute Gasteiger partial charge is 0.0521 e. The van der Waals surface area contributed by atoms with Crippen LogP contribution in [0, 0.1) is 5.41 Å². The topological polar surface area (TPSA) is 29.9 Å². The van der Waals surface area contributed by atoms with Gasteiger partial charge in [-0.1, -0.05) is 26.8 Å². The molecule has 1 atom stereocenters. The number of rotatable bonds is 7. The van der Waals surface area contributed by atoms with E-state index in [9.17, 15) is 0 Å². The number of hydrogen-bond donors (Lipinski definition) is 1. The second-order valence-corrected chi connectivity index (χ2v) is 5.42. The van der Waals surface area contributed by atoms with Gasteiger partial charge in [0, 0.05) is 25.8 Å². The standard InChI is InChI=1S/C14H25N3/c1-6-14(4,11-15-12(2)3)8-7-13-9-16-17(5)10-13/h6,9-10,12,15H,1,7-8,11H2,2-5H3. The van der Waals surface area contributed by atoms with Crippen LogP contribution in [0.5, 0.6) is 0 Å². The van der Waals surface area contributed by atoms with Gasteiger partial charge in [-0.2, -0.15) is 5.10 Å². The molecular weight excluding hydrogens is 210 g/mol. The Balaban J connectivity index is 2.48. The molecule has 0 amide bonds. The second kappa shape index (κ2) is 6.01. The highest BCUT2D eigenvalue weighted by atomic mass is 15.2. The Bertz CT molecular complexity index is 354. The molecule has 0 radical (unpaired) electrons. The zero-order chi connectivity index (χ0) is 12.9. The third kappa shape index (κ3) is 4.73. The Morgan fingerprint density at radius 2 is 2.29 bits per heavy atom. The quantitative estimate of drug-likeness (QED) is 0.736. The first-order valence-electron chi connectivity index (χ1n) is 6.30. The molecule has 3 heteroatoms. The van der Waals surface area contributed by atoms with Crippen molar-refractivity contribution in [3.8, 4) is 0 Å². The predicted molar refractivity (Wildman–Crippen MR) is 73.0 cm³/mol. The lowest BCUT2D eigenvalue weighted by Gasteiger charge is -2.27. The van der Waals surface area contributed by atoms with E-state index in [0.717, 1.165) is 19.4 Å². The van der Waals surface area contributed by atoms with E-state index in [-0.39, 0.29) is 5.41 Å². The largest absolute Gasteiger partial charge is 0.314 e. The van der Waals surface area contributed by atoms with E-state index in [1.807, 2.05) is 17.9 Å². The minimum atomic E-state index is 0.153. The number of nitrogens with zero attached hydrogens (tertiary/aromatic N) is 2. The van der Waals surface area contributed by atoms with Crippen LogP contribution in [-0.2, 0) is 13.5 Å². The van der Waals surface area contributed by atoms with E-state index in [1.165, 1.54) is 5.56 Å². The summed E-state index contributed by atoms with van der Waals surface area (Å²) in [7, 11) is 1.95. The number of aryl methyl sites for hydroxylation is 2. The van der Waals surface area contributed by atoms with E-state index < -0.39 is 0 Å². The number of nitrogens with one attached hydrogen (secondary N) is 1. The molecule has 0 aliphatic heterocycles. The summed E-state index contributed by atoms with van der Waals surface area (Å²) < 4.78 is 1.85. The molecule has 96 valence electrons. The minimum absolute atomic E-state index is 0.153. The van der Waals surface area contributed by atoms with Gasteiger partial charge in [0.1, 0.15) is 0 Å².